The Morgan fingerprint density at radius 1 is 0.966 bits per heavy atom. The van der Waals surface area contributed by atoms with E-state index in [-0.39, 0.29) is 12.1 Å². The smallest absolute Gasteiger partial charge is 0.262 e. The van der Waals surface area contributed by atoms with Crippen LogP contribution in [0.15, 0.2) is 72.1 Å². The fraction of sp³-hybridized carbons (Fsp3) is 0.130. The van der Waals surface area contributed by atoms with Crippen molar-refractivity contribution in [1.29, 1.82) is 0 Å². The van der Waals surface area contributed by atoms with Crippen molar-refractivity contribution in [2.75, 3.05) is 16.8 Å². The van der Waals surface area contributed by atoms with E-state index in [1.165, 1.54) is 0 Å². The molecule has 0 spiro atoms. The number of hydrogen-bond acceptors (Lipinski definition) is 5. The van der Waals surface area contributed by atoms with Crippen LogP contribution in [0.4, 0.5) is 11.4 Å². The number of nitrogens with zero attached hydrogens (tertiary/aromatic N) is 3. The zero-order chi connectivity index (χ0) is 20.0. The zero-order valence-corrected chi connectivity index (χ0v) is 17.7. The molecule has 0 N–H and O–H groups in total. The van der Waals surface area contributed by atoms with Crippen LogP contribution in [0.25, 0.3) is 10.6 Å². The van der Waals surface area contributed by atoms with E-state index in [4.69, 9.17) is 0 Å². The molecule has 0 aliphatic carbocycles. The number of hydrogen-bond donors (Lipinski definition) is 0. The van der Waals surface area contributed by atoms with Crippen molar-refractivity contribution in [1.82, 2.24) is 4.98 Å². The highest BCUT2D eigenvalue weighted by Gasteiger charge is 2.38. The predicted octanol–water partition coefficient (Wildman–Crippen LogP) is 5.98. The fourth-order valence-electron chi connectivity index (χ4n) is 3.78. The summed E-state index contributed by atoms with van der Waals surface area (Å²) >= 11 is 3.35. The van der Waals surface area contributed by atoms with Gasteiger partial charge >= 0.3 is 0 Å². The third-order valence-corrected chi connectivity index (χ3v) is 7.05. The van der Waals surface area contributed by atoms with Gasteiger partial charge in [-0.1, -0.05) is 30.3 Å². The highest BCUT2D eigenvalue weighted by molar-refractivity contribution is 7.16. The molecule has 5 rings (SSSR count). The van der Waals surface area contributed by atoms with E-state index in [0.29, 0.717) is 0 Å². The van der Waals surface area contributed by atoms with Gasteiger partial charge in [0, 0.05) is 23.0 Å². The van der Waals surface area contributed by atoms with Gasteiger partial charge in [0.05, 0.1) is 26.8 Å². The molecule has 1 amide bonds. The summed E-state index contributed by atoms with van der Waals surface area (Å²) in [5, 5.41) is 3.14. The summed E-state index contributed by atoms with van der Waals surface area (Å²) in [7, 11) is 2.05. The quantitative estimate of drug-likeness (QED) is 0.412. The van der Waals surface area contributed by atoms with E-state index in [2.05, 4.69) is 34.4 Å². The molecule has 0 saturated carbocycles. The van der Waals surface area contributed by atoms with Gasteiger partial charge in [0.25, 0.3) is 5.91 Å². The molecular formula is C23H19N3OS2. The minimum Gasteiger partial charge on any atom is -0.349 e. The number of fused-ring (bicyclic) bond motifs is 1. The third kappa shape index (κ3) is 3.05. The molecule has 1 aliphatic heterocycles. The Morgan fingerprint density at radius 2 is 1.72 bits per heavy atom. The first kappa shape index (κ1) is 18.1. The fourth-order valence-corrected chi connectivity index (χ4v) is 5.57. The maximum absolute atomic E-state index is 13.5. The van der Waals surface area contributed by atoms with Crippen molar-refractivity contribution in [2.24, 2.45) is 0 Å². The molecule has 3 heterocycles. The van der Waals surface area contributed by atoms with E-state index in [9.17, 15) is 4.79 Å². The van der Waals surface area contributed by atoms with Crippen LogP contribution in [0, 0.1) is 6.92 Å². The van der Waals surface area contributed by atoms with Crippen molar-refractivity contribution in [2.45, 2.75) is 13.1 Å². The van der Waals surface area contributed by atoms with E-state index in [1.54, 1.807) is 22.7 Å². The first-order chi connectivity index (χ1) is 14.1. The molecule has 2 aromatic heterocycles. The van der Waals surface area contributed by atoms with Gasteiger partial charge in [0.2, 0.25) is 0 Å². The van der Waals surface area contributed by atoms with Gasteiger partial charge in [0.15, 0.2) is 0 Å². The first-order valence-electron chi connectivity index (χ1n) is 9.36. The lowest BCUT2D eigenvalue weighted by Gasteiger charge is -2.43. The maximum atomic E-state index is 13.5. The summed E-state index contributed by atoms with van der Waals surface area (Å²) in [6.45, 7) is 2.02. The van der Waals surface area contributed by atoms with Crippen LogP contribution in [-0.2, 0) is 0 Å². The number of anilines is 2. The molecule has 0 saturated heterocycles. The molecule has 144 valence electrons. The number of thiazole rings is 1. The van der Waals surface area contributed by atoms with Crippen LogP contribution in [0.5, 0.6) is 0 Å². The second kappa shape index (κ2) is 7.13. The summed E-state index contributed by atoms with van der Waals surface area (Å²) in [5.41, 5.74) is 3.57. The van der Waals surface area contributed by atoms with Crippen molar-refractivity contribution >= 4 is 40.0 Å². The molecule has 1 aliphatic rings. The van der Waals surface area contributed by atoms with E-state index in [1.807, 2.05) is 66.4 Å². The van der Waals surface area contributed by atoms with Gasteiger partial charge < -0.3 is 4.90 Å². The standard InChI is InChI=1S/C23H19N3OS2/c1-15-24-18(14-28-15)20-12-13-21(29-20)22-25(2)19-11-7-6-10-17(19)23(27)26(22)16-8-4-3-5-9-16/h3-14,22H,1-2H3. The summed E-state index contributed by atoms with van der Waals surface area (Å²) in [5.74, 6) is 0.0225. The molecule has 0 bridgehead atoms. The molecule has 1 unspecified atom stereocenters. The number of rotatable bonds is 3. The molecule has 0 fully saturated rings. The normalized spacial score (nSPS) is 16.2. The van der Waals surface area contributed by atoms with Crippen LogP contribution in [0.1, 0.15) is 26.4 Å². The largest absolute Gasteiger partial charge is 0.349 e. The average molecular weight is 418 g/mol. The van der Waals surface area contributed by atoms with Crippen LogP contribution < -0.4 is 9.80 Å². The summed E-state index contributed by atoms with van der Waals surface area (Å²) in [6, 6.07) is 21.9. The Bertz CT molecular complexity index is 1180. The number of aryl methyl sites for hydroxylation is 1. The predicted molar refractivity (Wildman–Crippen MR) is 121 cm³/mol. The highest BCUT2D eigenvalue weighted by Crippen LogP contribution is 2.43. The molecule has 0 radical (unpaired) electrons. The van der Waals surface area contributed by atoms with Gasteiger partial charge in [0.1, 0.15) is 6.17 Å². The molecule has 2 aromatic carbocycles. The average Bonchev–Trinajstić information content (AvgIpc) is 3.40. The number of thiophene rings is 1. The molecular weight excluding hydrogens is 398 g/mol. The van der Waals surface area contributed by atoms with Crippen LogP contribution in [-0.4, -0.2) is 17.9 Å². The van der Waals surface area contributed by atoms with E-state index >= 15 is 0 Å². The van der Waals surface area contributed by atoms with Crippen LogP contribution >= 0.6 is 22.7 Å². The van der Waals surface area contributed by atoms with Crippen molar-refractivity contribution in [3.63, 3.8) is 0 Å². The molecule has 1 atom stereocenters. The van der Waals surface area contributed by atoms with Crippen molar-refractivity contribution < 1.29 is 4.79 Å². The Balaban J connectivity index is 1.64. The maximum Gasteiger partial charge on any atom is 0.262 e. The molecule has 29 heavy (non-hydrogen) atoms. The minimum absolute atomic E-state index is 0.0225. The van der Waals surface area contributed by atoms with Gasteiger partial charge in [-0.25, -0.2) is 4.98 Å². The Hall–Kier alpha value is -2.96. The monoisotopic (exact) mass is 417 g/mol. The van der Waals surface area contributed by atoms with Crippen molar-refractivity contribution in [3.05, 3.63) is 87.6 Å². The summed E-state index contributed by atoms with van der Waals surface area (Å²) in [6.07, 6.45) is -0.210. The van der Waals surface area contributed by atoms with Crippen LogP contribution in [0.3, 0.4) is 0 Å². The first-order valence-corrected chi connectivity index (χ1v) is 11.1. The Kier molecular flexibility index (Phi) is 4.45. The molecule has 4 aromatic rings. The second-order valence-electron chi connectivity index (χ2n) is 6.97. The van der Waals surface area contributed by atoms with E-state index in [0.717, 1.165) is 37.4 Å². The number of benzene rings is 2. The van der Waals surface area contributed by atoms with E-state index < -0.39 is 0 Å². The van der Waals surface area contributed by atoms with Crippen molar-refractivity contribution in [3.8, 4) is 10.6 Å². The third-order valence-electron chi connectivity index (χ3n) is 5.13. The number of carbonyl (C=O) groups is 1. The zero-order valence-electron chi connectivity index (χ0n) is 16.1. The van der Waals surface area contributed by atoms with Crippen LogP contribution in [0.2, 0.25) is 0 Å². The molecule has 4 nitrogen and oxygen atoms in total. The lowest BCUT2D eigenvalue weighted by Crippen LogP contribution is -2.47. The number of aromatic nitrogens is 1. The van der Waals surface area contributed by atoms with Gasteiger partial charge in [-0.2, -0.15) is 0 Å². The Morgan fingerprint density at radius 3 is 2.48 bits per heavy atom. The number of para-hydroxylation sites is 2. The Labute approximate surface area is 177 Å². The second-order valence-corrected chi connectivity index (χ2v) is 9.14. The summed E-state index contributed by atoms with van der Waals surface area (Å²) in [4.78, 5) is 24.5. The number of carbonyl (C=O) groups excluding carboxylic acids is 1. The highest BCUT2D eigenvalue weighted by atomic mass is 32.1. The summed E-state index contributed by atoms with van der Waals surface area (Å²) < 4.78 is 0. The molecule has 6 heteroatoms. The minimum atomic E-state index is -0.210. The SMILES string of the molecule is Cc1nc(-c2ccc(C3N(C)c4ccccc4C(=O)N3c3ccccc3)s2)cs1. The van der Waals surface area contributed by atoms with Gasteiger partial charge in [-0.3, -0.25) is 9.69 Å². The van der Waals surface area contributed by atoms with Gasteiger partial charge in [-0.05, 0) is 43.3 Å². The lowest BCUT2D eigenvalue weighted by atomic mass is 10.0. The van der Waals surface area contributed by atoms with Gasteiger partial charge in [-0.15, -0.1) is 22.7 Å². The topological polar surface area (TPSA) is 36.4 Å². The lowest BCUT2D eigenvalue weighted by molar-refractivity contribution is 0.0970. The number of amides is 1.